The van der Waals surface area contributed by atoms with E-state index < -0.39 is 0 Å². The topological polar surface area (TPSA) is 0 Å². The summed E-state index contributed by atoms with van der Waals surface area (Å²) in [6.07, 6.45) is 6.62. The van der Waals surface area contributed by atoms with Gasteiger partial charge in [-0.2, -0.15) is 0 Å². The molecule has 0 heteroatoms. The summed E-state index contributed by atoms with van der Waals surface area (Å²) in [5.41, 5.74) is 2.27. The van der Waals surface area contributed by atoms with Crippen molar-refractivity contribution in [3.63, 3.8) is 0 Å². The lowest BCUT2D eigenvalue weighted by molar-refractivity contribution is 1.23. The van der Waals surface area contributed by atoms with Gasteiger partial charge in [0.15, 0.2) is 0 Å². The smallest absolute Gasteiger partial charge is 0.0190 e. The summed E-state index contributed by atoms with van der Waals surface area (Å²) in [7, 11) is 0. The van der Waals surface area contributed by atoms with Gasteiger partial charge in [-0.3, -0.25) is 0 Å². The molecule has 1 aromatic carbocycles. The predicted octanol–water partition coefficient (Wildman–Crippen LogP) is 4.56. The first-order valence-corrected chi connectivity index (χ1v) is 4.74. The van der Waals surface area contributed by atoms with Crippen molar-refractivity contribution in [2.45, 2.75) is 13.3 Å². The zero-order chi connectivity index (χ0) is 10.8. The van der Waals surface area contributed by atoms with Crippen molar-refractivity contribution >= 4 is 12.2 Å². The van der Waals surface area contributed by atoms with Gasteiger partial charge in [-0.15, -0.1) is 6.58 Å². The normalized spacial score (nSPS) is 8.07. The Kier molecular flexibility index (Phi) is 7.16. The molecule has 0 saturated heterocycles. The maximum absolute atomic E-state index is 3.69. The maximum Gasteiger partial charge on any atom is -0.0190 e. The molecule has 0 nitrogen and oxygen atoms in total. The third kappa shape index (κ3) is 4.46. The van der Waals surface area contributed by atoms with Gasteiger partial charge in [0.05, 0.1) is 0 Å². The van der Waals surface area contributed by atoms with Crippen molar-refractivity contribution in [2.24, 2.45) is 0 Å². The fourth-order valence-electron chi connectivity index (χ4n) is 0.883. The second kappa shape index (κ2) is 8.06. The first-order valence-electron chi connectivity index (χ1n) is 4.74. The van der Waals surface area contributed by atoms with Crippen LogP contribution < -0.4 is 0 Å². The van der Waals surface area contributed by atoms with Crippen molar-refractivity contribution < 1.29 is 0 Å². The summed E-state index contributed by atoms with van der Waals surface area (Å²) in [5.74, 6) is 0. The van der Waals surface area contributed by atoms with Crippen LogP contribution in [0.4, 0.5) is 0 Å². The van der Waals surface area contributed by atoms with Gasteiger partial charge < -0.3 is 0 Å². The van der Waals surface area contributed by atoms with E-state index in [2.05, 4.69) is 26.7 Å². The van der Waals surface area contributed by atoms with Gasteiger partial charge in [-0.1, -0.05) is 62.6 Å². The lowest BCUT2D eigenvalue weighted by Crippen LogP contribution is -1.76. The second-order valence-corrected chi connectivity index (χ2v) is 2.73. The molecule has 0 radical (unpaired) electrons. The van der Waals surface area contributed by atoms with Crippen molar-refractivity contribution in [3.05, 3.63) is 61.2 Å². The van der Waals surface area contributed by atoms with Gasteiger partial charge in [-0.05, 0) is 17.5 Å². The van der Waals surface area contributed by atoms with E-state index in [-0.39, 0.29) is 0 Å². The summed E-state index contributed by atoms with van der Waals surface area (Å²) >= 11 is 0. The molecular weight excluding hydrogens is 168 g/mol. The zero-order valence-corrected chi connectivity index (χ0v) is 8.87. The molecule has 0 aromatic heterocycles. The molecule has 0 atom stereocenters. The molecule has 1 rings (SSSR count). The van der Waals surface area contributed by atoms with Crippen LogP contribution in [0, 0.1) is 0 Å². The largest absolute Gasteiger partial charge is 0.103 e. The molecule has 0 saturated carbocycles. The first-order chi connectivity index (χ1) is 6.79. The third-order valence-electron chi connectivity index (χ3n) is 1.72. The highest BCUT2D eigenvalue weighted by atomic mass is 13.9. The first kappa shape index (κ1) is 12.4. The summed E-state index contributed by atoms with van der Waals surface area (Å²) in [6.45, 7) is 12.9. The van der Waals surface area contributed by atoms with E-state index in [0.717, 1.165) is 17.5 Å². The van der Waals surface area contributed by atoms with Gasteiger partial charge >= 0.3 is 0 Å². The molecule has 0 amide bonds. The molecule has 0 spiro atoms. The van der Waals surface area contributed by atoms with E-state index in [1.165, 1.54) is 0 Å². The summed E-state index contributed by atoms with van der Waals surface area (Å²) in [6, 6.07) is 8.02. The highest BCUT2D eigenvalue weighted by Crippen LogP contribution is 2.10. The van der Waals surface area contributed by atoms with Crippen LogP contribution in [0.1, 0.15) is 24.5 Å². The summed E-state index contributed by atoms with van der Waals surface area (Å²) in [4.78, 5) is 0. The molecule has 74 valence electrons. The Morgan fingerprint density at radius 1 is 1.00 bits per heavy atom. The van der Waals surface area contributed by atoms with E-state index >= 15 is 0 Å². The quantitative estimate of drug-likeness (QED) is 0.607. The Morgan fingerprint density at radius 3 is 1.57 bits per heavy atom. The Morgan fingerprint density at radius 2 is 1.36 bits per heavy atom. The molecule has 0 bridgehead atoms. The lowest BCUT2D eigenvalue weighted by Gasteiger charge is -1.96. The van der Waals surface area contributed by atoms with Crippen LogP contribution in [0.3, 0.4) is 0 Å². The Labute approximate surface area is 87.3 Å². The minimum absolute atomic E-state index is 1.08. The molecule has 0 aliphatic rings. The Bertz CT molecular complexity index is 268. The molecule has 0 unspecified atom stereocenters. The zero-order valence-electron chi connectivity index (χ0n) is 8.87. The number of hydrogen-bond donors (Lipinski definition) is 0. The summed E-state index contributed by atoms with van der Waals surface area (Å²) in [5, 5.41) is 0. The third-order valence-corrected chi connectivity index (χ3v) is 1.72. The number of hydrogen-bond acceptors (Lipinski definition) is 0. The molecular formula is C14H18. The van der Waals surface area contributed by atoms with Crippen molar-refractivity contribution in [1.29, 1.82) is 0 Å². The molecule has 1 aromatic rings. The minimum atomic E-state index is 1.08. The molecule has 0 aliphatic carbocycles. The van der Waals surface area contributed by atoms with Crippen LogP contribution in [0.2, 0.25) is 0 Å². The second-order valence-electron chi connectivity index (χ2n) is 2.73. The van der Waals surface area contributed by atoms with E-state index in [0.29, 0.717) is 0 Å². The Balaban J connectivity index is 0.000000364. The van der Waals surface area contributed by atoms with Crippen LogP contribution in [-0.2, 0) is 0 Å². The molecule has 0 N–H and O–H groups in total. The van der Waals surface area contributed by atoms with Crippen molar-refractivity contribution in [1.82, 2.24) is 0 Å². The van der Waals surface area contributed by atoms with Gasteiger partial charge in [0, 0.05) is 0 Å². The van der Waals surface area contributed by atoms with Crippen LogP contribution in [0.5, 0.6) is 0 Å². The Hall–Kier alpha value is -1.56. The maximum atomic E-state index is 3.69. The van der Waals surface area contributed by atoms with Crippen molar-refractivity contribution in [3.8, 4) is 0 Å². The van der Waals surface area contributed by atoms with E-state index in [4.69, 9.17) is 0 Å². The average Bonchev–Trinajstić information content (AvgIpc) is 2.29. The van der Waals surface area contributed by atoms with Crippen LogP contribution in [0.25, 0.3) is 12.2 Å². The fraction of sp³-hybridized carbons (Fsp3) is 0.143. The number of rotatable bonds is 3. The van der Waals surface area contributed by atoms with E-state index in [1.54, 1.807) is 0 Å². The van der Waals surface area contributed by atoms with E-state index in [9.17, 15) is 0 Å². The average molecular weight is 186 g/mol. The van der Waals surface area contributed by atoms with Gasteiger partial charge in [0.25, 0.3) is 0 Å². The molecule has 14 heavy (non-hydrogen) atoms. The van der Waals surface area contributed by atoms with Crippen LogP contribution >= 0.6 is 0 Å². The van der Waals surface area contributed by atoms with E-state index in [1.807, 2.05) is 42.5 Å². The number of benzene rings is 1. The highest BCUT2D eigenvalue weighted by Gasteiger charge is 1.89. The minimum Gasteiger partial charge on any atom is -0.103 e. The lowest BCUT2D eigenvalue weighted by atomic mass is 10.1. The molecule has 0 aliphatic heterocycles. The predicted molar refractivity (Wildman–Crippen MR) is 67.1 cm³/mol. The number of allylic oxidation sites excluding steroid dienone is 1. The highest BCUT2D eigenvalue weighted by molar-refractivity contribution is 5.63. The van der Waals surface area contributed by atoms with Gasteiger partial charge in [0.2, 0.25) is 0 Å². The van der Waals surface area contributed by atoms with Crippen LogP contribution in [0.15, 0.2) is 50.1 Å². The SMILES string of the molecule is C=CCC.C=Cc1ccccc1C=C. The standard InChI is InChI=1S/C10H10.C4H8/c1-3-9-7-5-6-8-10(9)4-2;1-3-4-2/h3-8H,1-2H2;3H,1,4H2,2H3. The molecule has 0 heterocycles. The van der Waals surface area contributed by atoms with Gasteiger partial charge in [0.1, 0.15) is 0 Å². The summed E-state index contributed by atoms with van der Waals surface area (Å²) < 4.78 is 0. The monoisotopic (exact) mass is 186 g/mol. The molecule has 0 fully saturated rings. The fourth-order valence-corrected chi connectivity index (χ4v) is 0.883. The van der Waals surface area contributed by atoms with Crippen LogP contribution in [-0.4, -0.2) is 0 Å². The van der Waals surface area contributed by atoms with Gasteiger partial charge in [-0.25, -0.2) is 0 Å². The van der Waals surface area contributed by atoms with Crippen molar-refractivity contribution in [2.75, 3.05) is 0 Å².